The van der Waals surface area contributed by atoms with Crippen molar-refractivity contribution < 1.29 is 37.6 Å². The van der Waals surface area contributed by atoms with Gasteiger partial charge in [0.2, 0.25) is 0 Å². The number of rotatable bonds is 45. The summed E-state index contributed by atoms with van der Waals surface area (Å²) in [5.41, 5.74) is 0. The Morgan fingerprint density at radius 1 is 0.474 bits per heavy atom. The molecule has 0 aromatic carbocycles. The summed E-state index contributed by atoms with van der Waals surface area (Å²) in [6.07, 6.45) is 49.7. The van der Waals surface area contributed by atoms with Crippen LogP contribution < -0.4 is 0 Å². The van der Waals surface area contributed by atoms with E-state index in [1.165, 1.54) is 141 Å². The molecular formula is C48H91O8P. The molecule has 0 aliphatic carbocycles. The first-order valence-corrected chi connectivity index (χ1v) is 25.6. The molecule has 0 saturated carbocycles. The second kappa shape index (κ2) is 44.1. The quantitative estimate of drug-likeness (QED) is 0.0280. The van der Waals surface area contributed by atoms with Gasteiger partial charge in [0.25, 0.3) is 0 Å². The maximum atomic E-state index is 12.5. The van der Waals surface area contributed by atoms with Gasteiger partial charge < -0.3 is 14.4 Å². The van der Waals surface area contributed by atoms with Crippen LogP contribution in [0.25, 0.3) is 0 Å². The molecule has 0 aromatic rings. The highest BCUT2D eigenvalue weighted by Gasteiger charge is 2.25. The lowest BCUT2D eigenvalue weighted by Gasteiger charge is -2.19. The lowest BCUT2D eigenvalue weighted by molar-refractivity contribution is -0.161. The number of hydrogen-bond donors (Lipinski definition) is 1. The third kappa shape index (κ3) is 43.9. The zero-order valence-corrected chi connectivity index (χ0v) is 38.4. The monoisotopic (exact) mass is 827 g/mol. The van der Waals surface area contributed by atoms with Crippen LogP contribution in [0.15, 0.2) is 24.3 Å². The molecule has 57 heavy (non-hydrogen) atoms. The Hall–Kier alpha value is -1.47. The van der Waals surface area contributed by atoms with E-state index in [1.54, 1.807) is 6.92 Å². The van der Waals surface area contributed by atoms with Gasteiger partial charge in [-0.25, -0.2) is 4.57 Å². The summed E-state index contributed by atoms with van der Waals surface area (Å²) in [6, 6.07) is 0. The van der Waals surface area contributed by atoms with E-state index in [2.05, 4.69) is 38.2 Å². The van der Waals surface area contributed by atoms with Gasteiger partial charge in [0.1, 0.15) is 6.61 Å². The first-order chi connectivity index (χ1) is 27.8. The molecule has 9 heteroatoms. The highest BCUT2D eigenvalue weighted by molar-refractivity contribution is 7.47. The van der Waals surface area contributed by atoms with Crippen molar-refractivity contribution in [2.75, 3.05) is 19.8 Å². The van der Waals surface area contributed by atoms with Gasteiger partial charge in [0, 0.05) is 12.8 Å². The number of ether oxygens (including phenoxy) is 2. The summed E-state index contributed by atoms with van der Waals surface area (Å²) in [6.45, 7) is 5.43. The first-order valence-electron chi connectivity index (χ1n) is 24.1. The standard InChI is InChI=1S/C48H91O8P/c1-4-7-9-11-13-15-17-19-20-21-22-23-24-25-26-27-28-29-31-32-34-36-38-40-42-47(49)53-44-46(45-55-57(51,52)54-6-3)56-48(50)43-41-39-37-35-33-30-18-16-14-12-10-8-5-2/h10,12,16,18,46H,4-9,11,13-15,17,19-45H2,1-3H3,(H,51,52)/b12-10-,18-16-. The molecule has 0 rings (SSSR count). The third-order valence-electron chi connectivity index (χ3n) is 10.5. The van der Waals surface area contributed by atoms with Crippen LogP contribution in [0.3, 0.4) is 0 Å². The molecule has 1 N–H and O–H groups in total. The number of allylic oxidation sites excluding steroid dienone is 4. The van der Waals surface area contributed by atoms with Crippen LogP contribution in [0.4, 0.5) is 0 Å². The van der Waals surface area contributed by atoms with E-state index in [4.69, 9.17) is 18.5 Å². The Labute approximate surface area is 352 Å². The first kappa shape index (κ1) is 55.5. The van der Waals surface area contributed by atoms with E-state index in [0.717, 1.165) is 64.2 Å². The predicted octanol–water partition coefficient (Wildman–Crippen LogP) is 15.4. The van der Waals surface area contributed by atoms with Gasteiger partial charge in [-0.15, -0.1) is 0 Å². The van der Waals surface area contributed by atoms with E-state index in [-0.39, 0.29) is 25.6 Å². The number of carbonyl (C=O) groups is 2. The topological polar surface area (TPSA) is 108 Å². The van der Waals surface area contributed by atoms with Crippen molar-refractivity contribution in [1.29, 1.82) is 0 Å². The van der Waals surface area contributed by atoms with Crippen molar-refractivity contribution in [3.8, 4) is 0 Å². The van der Waals surface area contributed by atoms with Gasteiger partial charge in [0.15, 0.2) is 6.10 Å². The fraction of sp³-hybridized carbons (Fsp3) is 0.875. The van der Waals surface area contributed by atoms with Crippen molar-refractivity contribution in [2.24, 2.45) is 0 Å². The van der Waals surface area contributed by atoms with Crippen LogP contribution >= 0.6 is 7.82 Å². The normalized spacial score (nSPS) is 13.4. The summed E-state index contributed by atoms with van der Waals surface area (Å²) in [4.78, 5) is 34.8. The van der Waals surface area contributed by atoms with Gasteiger partial charge >= 0.3 is 19.8 Å². The number of esters is 2. The molecule has 0 aliphatic heterocycles. The van der Waals surface area contributed by atoms with E-state index < -0.39 is 26.5 Å². The van der Waals surface area contributed by atoms with Crippen LogP contribution in [0.2, 0.25) is 0 Å². The highest BCUT2D eigenvalue weighted by atomic mass is 31.2. The van der Waals surface area contributed by atoms with Crippen LogP contribution in [0.1, 0.15) is 245 Å². The summed E-state index contributed by atoms with van der Waals surface area (Å²) in [5.74, 6) is -0.803. The summed E-state index contributed by atoms with van der Waals surface area (Å²) < 4.78 is 32.7. The van der Waals surface area contributed by atoms with Gasteiger partial charge in [-0.2, -0.15) is 0 Å². The molecule has 0 spiro atoms. The van der Waals surface area contributed by atoms with Gasteiger partial charge in [0.05, 0.1) is 13.2 Å². The molecule has 0 aliphatic rings. The number of hydrogen-bond acceptors (Lipinski definition) is 7. The maximum Gasteiger partial charge on any atom is 0.472 e. The minimum atomic E-state index is -4.28. The average Bonchev–Trinajstić information content (AvgIpc) is 3.19. The Balaban J connectivity index is 3.91. The fourth-order valence-electron chi connectivity index (χ4n) is 6.96. The minimum absolute atomic E-state index is 0.000511. The molecule has 336 valence electrons. The molecule has 0 radical (unpaired) electrons. The molecule has 2 atom stereocenters. The van der Waals surface area contributed by atoms with E-state index in [9.17, 15) is 19.0 Å². The molecule has 2 unspecified atom stereocenters. The lowest BCUT2D eigenvalue weighted by atomic mass is 10.0. The van der Waals surface area contributed by atoms with Gasteiger partial charge in [-0.1, -0.05) is 212 Å². The zero-order chi connectivity index (χ0) is 41.8. The number of phosphoric acid groups is 1. The molecule has 0 amide bonds. The Bertz CT molecular complexity index is 983. The predicted molar refractivity (Wildman–Crippen MR) is 239 cm³/mol. The molecule has 0 aromatic heterocycles. The van der Waals surface area contributed by atoms with Crippen molar-refractivity contribution in [3.63, 3.8) is 0 Å². The average molecular weight is 827 g/mol. The molecule has 0 saturated heterocycles. The Kier molecular flexibility index (Phi) is 43.0. The van der Waals surface area contributed by atoms with Crippen LogP contribution in [0, 0.1) is 0 Å². The number of phosphoric ester groups is 1. The molecule has 0 fully saturated rings. The van der Waals surface area contributed by atoms with Crippen molar-refractivity contribution in [3.05, 3.63) is 24.3 Å². The van der Waals surface area contributed by atoms with E-state index in [0.29, 0.717) is 12.8 Å². The van der Waals surface area contributed by atoms with Crippen LogP contribution in [0.5, 0.6) is 0 Å². The highest BCUT2D eigenvalue weighted by Crippen LogP contribution is 2.43. The lowest BCUT2D eigenvalue weighted by Crippen LogP contribution is -2.29. The summed E-state index contributed by atoms with van der Waals surface area (Å²) in [7, 11) is -4.28. The molecule has 0 heterocycles. The van der Waals surface area contributed by atoms with Gasteiger partial charge in [-0.3, -0.25) is 18.6 Å². The fourth-order valence-corrected chi connectivity index (χ4v) is 7.72. The number of carbonyl (C=O) groups excluding carboxylic acids is 2. The second-order valence-electron chi connectivity index (χ2n) is 16.1. The SMILES string of the molecule is CCC/C=C\C/C=C\CCCCCCCC(=O)OC(COC(=O)CCCCCCCCCCCCCCCCCCCCCCCCCC)COP(=O)(O)OCC. The van der Waals surface area contributed by atoms with Crippen molar-refractivity contribution >= 4 is 19.8 Å². The Morgan fingerprint density at radius 3 is 1.32 bits per heavy atom. The third-order valence-corrected chi connectivity index (χ3v) is 11.6. The summed E-state index contributed by atoms with van der Waals surface area (Å²) in [5, 5.41) is 0. The number of unbranched alkanes of at least 4 members (excludes halogenated alkanes) is 29. The molecule has 8 nitrogen and oxygen atoms in total. The van der Waals surface area contributed by atoms with E-state index >= 15 is 0 Å². The van der Waals surface area contributed by atoms with E-state index in [1.807, 2.05) is 0 Å². The zero-order valence-electron chi connectivity index (χ0n) is 37.5. The second-order valence-corrected chi connectivity index (χ2v) is 17.6. The van der Waals surface area contributed by atoms with Crippen molar-refractivity contribution in [1.82, 2.24) is 0 Å². The van der Waals surface area contributed by atoms with Crippen molar-refractivity contribution in [2.45, 2.75) is 252 Å². The maximum absolute atomic E-state index is 12.5. The minimum Gasteiger partial charge on any atom is -0.462 e. The summed E-state index contributed by atoms with van der Waals surface area (Å²) >= 11 is 0. The molecule has 0 bridgehead atoms. The van der Waals surface area contributed by atoms with Crippen LogP contribution in [-0.2, 0) is 32.7 Å². The van der Waals surface area contributed by atoms with Gasteiger partial charge in [-0.05, 0) is 45.4 Å². The molecular weight excluding hydrogens is 735 g/mol. The largest absolute Gasteiger partial charge is 0.472 e. The smallest absolute Gasteiger partial charge is 0.462 e. The van der Waals surface area contributed by atoms with Crippen LogP contribution in [-0.4, -0.2) is 42.8 Å². The Morgan fingerprint density at radius 2 is 0.877 bits per heavy atom.